The van der Waals surface area contributed by atoms with Gasteiger partial charge in [0.1, 0.15) is 11.5 Å². The van der Waals surface area contributed by atoms with E-state index < -0.39 is 8.80 Å². The van der Waals surface area contributed by atoms with Gasteiger partial charge in [-0.25, -0.2) is 0 Å². The Hall–Kier alpha value is -2.01. The first-order valence-electron chi connectivity index (χ1n) is 9.04. The molecule has 0 spiro atoms. The topological polar surface area (TPSA) is 27.7 Å². The highest BCUT2D eigenvalue weighted by molar-refractivity contribution is 6.62. The van der Waals surface area contributed by atoms with Gasteiger partial charge in [-0.05, 0) is 42.5 Å². The van der Waals surface area contributed by atoms with Crippen molar-refractivity contribution >= 4 is 20.4 Å². The number of rotatable bonds is 12. The molecule has 27 heavy (non-hydrogen) atoms. The van der Waals surface area contributed by atoms with Crippen LogP contribution in [0.5, 0.6) is 11.5 Å². The van der Waals surface area contributed by atoms with Gasteiger partial charge in [-0.15, -0.1) is 24.8 Å². The maximum Gasteiger partial charge on any atom is 0.631 e. The molecule has 0 N–H and O–H groups in total. The van der Waals surface area contributed by atoms with Crippen LogP contribution in [-0.2, 0) is 17.3 Å². The summed E-state index contributed by atoms with van der Waals surface area (Å²) in [6, 6.07) is 16.4. The molecule has 2 rings (SSSR count). The molecule has 5 heteroatoms. The third kappa shape index (κ3) is 5.99. The van der Waals surface area contributed by atoms with Gasteiger partial charge >= 0.3 is 8.80 Å². The van der Waals surface area contributed by atoms with Crippen molar-refractivity contribution in [3.05, 3.63) is 85.0 Å². The van der Waals surface area contributed by atoms with Gasteiger partial charge in [0.2, 0.25) is 0 Å². The van der Waals surface area contributed by atoms with Gasteiger partial charge in [0.05, 0.1) is 0 Å². The molecule has 0 atom stereocenters. The monoisotopic (exact) mass is 402 g/mol. The molecule has 0 aromatic heterocycles. The second kappa shape index (κ2) is 11.0. The van der Waals surface area contributed by atoms with E-state index >= 15 is 0 Å². The van der Waals surface area contributed by atoms with Crippen LogP contribution in [0.1, 0.15) is 17.5 Å². The first-order valence-corrected chi connectivity index (χ1v) is 11.5. The fourth-order valence-corrected chi connectivity index (χ4v) is 5.43. The molecule has 0 unspecified atom stereocenters. The molecule has 144 valence electrons. The van der Waals surface area contributed by atoms with Gasteiger partial charge in [0.15, 0.2) is 0 Å². The summed E-state index contributed by atoms with van der Waals surface area (Å²) in [5, 5.41) is 0. The SMILES string of the molecule is C=CCc1ccccc1O[Si](CCCCl)(OC)Oc1ccccc1CC=C. The van der Waals surface area contributed by atoms with E-state index in [1.54, 1.807) is 7.11 Å². The Labute approximate surface area is 168 Å². The molecular weight excluding hydrogens is 376 g/mol. The van der Waals surface area contributed by atoms with Crippen molar-refractivity contribution in [3.63, 3.8) is 0 Å². The maximum atomic E-state index is 6.44. The Kier molecular flexibility index (Phi) is 8.65. The van der Waals surface area contributed by atoms with Crippen molar-refractivity contribution < 1.29 is 13.3 Å². The van der Waals surface area contributed by atoms with Gasteiger partial charge in [0.25, 0.3) is 0 Å². The van der Waals surface area contributed by atoms with E-state index in [1.165, 1.54) is 0 Å². The molecule has 3 nitrogen and oxygen atoms in total. The zero-order valence-electron chi connectivity index (χ0n) is 15.8. The van der Waals surface area contributed by atoms with Crippen molar-refractivity contribution in [2.75, 3.05) is 13.0 Å². The number of para-hydroxylation sites is 2. The summed E-state index contributed by atoms with van der Waals surface area (Å²) >= 11 is 5.96. The summed E-state index contributed by atoms with van der Waals surface area (Å²) in [5.74, 6) is 2.05. The molecule has 0 saturated carbocycles. The summed E-state index contributed by atoms with van der Waals surface area (Å²) in [6.07, 6.45) is 5.89. The smallest absolute Gasteiger partial charge is 0.492 e. The van der Waals surface area contributed by atoms with E-state index in [-0.39, 0.29) is 0 Å². The van der Waals surface area contributed by atoms with E-state index in [0.717, 1.165) is 29.0 Å². The quantitative estimate of drug-likeness (QED) is 0.254. The van der Waals surface area contributed by atoms with E-state index in [4.69, 9.17) is 24.9 Å². The first-order chi connectivity index (χ1) is 13.2. The largest absolute Gasteiger partial charge is 0.631 e. The molecule has 0 amide bonds. The summed E-state index contributed by atoms with van der Waals surface area (Å²) in [5.41, 5.74) is 2.10. The Morgan fingerprint density at radius 3 is 1.78 bits per heavy atom. The summed E-state index contributed by atoms with van der Waals surface area (Å²) in [4.78, 5) is 0. The number of halogens is 1. The third-order valence-electron chi connectivity index (χ3n) is 4.13. The second-order valence-corrected chi connectivity index (χ2v) is 9.15. The predicted molar refractivity (Wildman–Crippen MR) is 115 cm³/mol. The molecule has 0 aliphatic carbocycles. The van der Waals surface area contributed by atoms with Crippen LogP contribution in [0.25, 0.3) is 0 Å². The van der Waals surface area contributed by atoms with Crippen LogP contribution in [-0.4, -0.2) is 21.8 Å². The minimum Gasteiger partial charge on any atom is -0.492 e. The highest BCUT2D eigenvalue weighted by atomic mass is 35.5. The molecule has 0 fully saturated rings. The van der Waals surface area contributed by atoms with Crippen molar-refractivity contribution in [2.45, 2.75) is 25.3 Å². The van der Waals surface area contributed by atoms with Gasteiger partial charge in [-0.2, -0.15) is 0 Å². The Morgan fingerprint density at radius 2 is 1.37 bits per heavy atom. The minimum absolute atomic E-state index is 0.521. The first kappa shape index (κ1) is 21.3. The number of benzene rings is 2. The lowest BCUT2D eigenvalue weighted by atomic mass is 10.1. The zero-order valence-corrected chi connectivity index (χ0v) is 17.6. The van der Waals surface area contributed by atoms with E-state index in [1.807, 2.05) is 60.7 Å². The average molecular weight is 403 g/mol. The molecule has 0 saturated heterocycles. The van der Waals surface area contributed by atoms with E-state index in [9.17, 15) is 0 Å². The van der Waals surface area contributed by atoms with Crippen LogP contribution in [0.2, 0.25) is 6.04 Å². The molecule has 2 aromatic rings. The minimum atomic E-state index is -3.05. The number of allylic oxidation sites excluding steroid dienone is 2. The van der Waals surface area contributed by atoms with Gasteiger partial charge in [-0.3, -0.25) is 0 Å². The molecule has 0 radical (unpaired) electrons. The summed E-state index contributed by atoms with van der Waals surface area (Å²) in [6.45, 7) is 7.66. The number of hydrogen-bond donors (Lipinski definition) is 0. The number of hydrogen-bond acceptors (Lipinski definition) is 3. The highest BCUT2D eigenvalue weighted by Crippen LogP contribution is 2.30. The normalized spacial score (nSPS) is 11.0. The summed E-state index contributed by atoms with van der Waals surface area (Å²) in [7, 11) is -1.40. The third-order valence-corrected chi connectivity index (χ3v) is 7.05. The zero-order chi connectivity index (χ0) is 19.5. The van der Waals surface area contributed by atoms with Crippen molar-refractivity contribution in [3.8, 4) is 11.5 Å². The van der Waals surface area contributed by atoms with Crippen LogP contribution in [0.15, 0.2) is 73.8 Å². The Morgan fingerprint density at radius 1 is 0.889 bits per heavy atom. The average Bonchev–Trinajstić information content (AvgIpc) is 2.69. The predicted octanol–water partition coefficient (Wildman–Crippen LogP) is 5.82. The van der Waals surface area contributed by atoms with Crippen LogP contribution < -0.4 is 8.85 Å². The maximum absolute atomic E-state index is 6.44. The Balaban J connectivity index is 2.38. The fraction of sp³-hybridized carbons (Fsp3) is 0.273. The lowest BCUT2D eigenvalue weighted by molar-refractivity contribution is 0.203. The van der Waals surface area contributed by atoms with E-state index in [0.29, 0.717) is 24.8 Å². The van der Waals surface area contributed by atoms with Crippen molar-refractivity contribution in [2.24, 2.45) is 0 Å². The molecule has 0 aliphatic rings. The van der Waals surface area contributed by atoms with Crippen molar-refractivity contribution in [1.82, 2.24) is 0 Å². The molecule has 0 aliphatic heterocycles. The Bertz CT molecular complexity index is 692. The molecule has 0 heterocycles. The van der Waals surface area contributed by atoms with Gasteiger partial charge in [0, 0.05) is 19.0 Å². The van der Waals surface area contributed by atoms with Gasteiger partial charge in [-0.1, -0.05) is 48.6 Å². The van der Waals surface area contributed by atoms with Gasteiger partial charge < -0.3 is 13.3 Å². The van der Waals surface area contributed by atoms with E-state index in [2.05, 4.69) is 13.2 Å². The van der Waals surface area contributed by atoms with Crippen LogP contribution in [0.4, 0.5) is 0 Å². The van der Waals surface area contributed by atoms with Crippen molar-refractivity contribution in [1.29, 1.82) is 0 Å². The number of alkyl halides is 1. The lowest BCUT2D eigenvalue weighted by Crippen LogP contribution is -2.51. The molecule has 2 aromatic carbocycles. The summed E-state index contributed by atoms with van der Waals surface area (Å²) < 4.78 is 18.8. The van der Waals surface area contributed by atoms with Crippen LogP contribution >= 0.6 is 11.6 Å². The second-order valence-electron chi connectivity index (χ2n) is 6.08. The van der Waals surface area contributed by atoms with Crippen LogP contribution in [0, 0.1) is 0 Å². The van der Waals surface area contributed by atoms with Crippen LogP contribution in [0.3, 0.4) is 0 Å². The lowest BCUT2D eigenvalue weighted by Gasteiger charge is -2.30. The standard InChI is InChI=1S/C22H27ClO3Si/c1-4-11-19-13-6-8-15-21(19)25-27(24-3,18-10-17-23)26-22-16-9-7-14-20(22)12-5-2/h4-9,13-16H,1-2,10-12,17-18H2,3H3. The highest BCUT2D eigenvalue weighted by Gasteiger charge is 2.45. The molecule has 0 bridgehead atoms. The fourth-order valence-electron chi connectivity index (χ4n) is 2.78. The molecular formula is C22H27ClO3Si.